The van der Waals surface area contributed by atoms with E-state index in [0.717, 1.165) is 0 Å². The van der Waals surface area contributed by atoms with Crippen LogP contribution in [0.1, 0.15) is 15.5 Å². The van der Waals surface area contributed by atoms with Gasteiger partial charge in [0.05, 0.1) is 0 Å². The van der Waals surface area contributed by atoms with E-state index in [4.69, 9.17) is 4.74 Å². The Labute approximate surface area is 128 Å². The summed E-state index contributed by atoms with van der Waals surface area (Å²) in [6.07, 6.45) is 3.13. The molecule has 0 bridgehead atoms. The standard InChI is InChI=1S/C12H10N6O3S/c1-21-6-8-14-16-12(22-8)18-10(7-2-4-13-5-3-7)9(11(19)20)15-17-18/h2-5H,6H2,1H3,(H,19,20). The quantitative estimate of drug-likeness (QED) is 0.741. The highest BCUT2D eigenvalue weighted by molar-refractivity contribution is 7.13. The number of aromatic carboxylic acids is 1. The third-order valence-corrected chi connectivity index (χ3v) is 3.60. The molecule has 0 saturated carbocycles. The van der Waals surface area contributed by atoms with Crippen LogP contribution >= 0.6 is 11.3 Å². The number of rotatable bonds is 5. The van der Waals surface area contributed by atoms with Gasteiger partial charge in [0.25, 0.3) is 0 Å². The Morgan fingerprint density at radius 3 is 2.77 bits per heavy atom. The zero-order valence-corrected chi connectivity index (χ0v) is 12.2. The molecule has 0 aromatic carbocycles. The highest BCUT2D eigenvalue weighted by atomic mass is 32.1. The highest BCUT2D eigenvalue weighted by Gasteiger charge is 2.23. The third kappa shape index (κ3) is 2.56. The van der Waals surface area contributed by atoms with E-state index in [0.29, 0.717) is 28.0 Å². The van der Waals surface area contributed by atoms with Gasteiger partial charge in [-0.15, -0.1) is 15.3 Å². The van der Waals surface area contributed by atoms with E-state index in [1.54, 1.807) is 31.6 Å². The van der Waals surface area contributed by atoms with Crippen LogP contribution in [0.5, 0.6) is 0 Å². The lowest BCUT2D eigenvalue weighted by Gasteiger charge is -2.03. The number of aromatic nitrogens is 6. The van der Waals surface area contributed by atoms with Gasteiger partial charge in [0.15, 0.2) is 5.69 Å². The molecule has 0 saturated heterocycles. The predicted molar refractivity (Wildman–Crippen MR) is 75.7 cm³/mol. The van der Waals surface area contributed by atoms with E-state index < -0.39 is 5.97 Å². The van der Waals surface area contributed by atoms with Crippen LogP contribution in [0.4, 0.5) is 0 Å². The molecule has 0 fully saturated rings. The Kier molecular flexibility index (Phi) is 3.85. The number of carboxylic acids is 1. The van der Waals surface area contributed by atoms with Crippen molar-refractivity contribution >= 4 is 17.3 Å². The topological polar surface area (TPSA) is 116 Å². The molecule has 3 aromatic heterocycles. The van der Waals surface area contributed by atoms with Crippen molar-refractivity contribution in [2.45, 2.75) is 6.61 Å². The Balaban J connectivity index is 2.13. The summed E-state index contributed by atoms with van der Waals surface area (Å²) in [5.74, 6) is -1.17. The number of nitrogens with zero attached hydrogens (tertiary/aromatic N) is 6. The minimum atomic E-state index is -1.17. The van der Waals surface area contributed by atoms with Crippen LogP contribution in [0.15, 0.2) is 24.5 Å². The van der Waals surface area contributed by atoms with Crippen molar-refractivity contribution in [3.8, 4) is 16.4 Å². The number of methoxy groups -OCH3 is 1. The summed E-state index contributed by atoms with van der Waals surface area (Å²) in [6, 6.07) is 3.36. The number of carboxylic acid groups (broad SMARTS) is 1. The van der Waals surface area contributed by atoms with Crippen molar-refractivity contribution in [2.24, 2.45) is 0 Å². The number of hydrogen-bond acceptors (Lipinski definition) is 8. The normalized spacial score (nSPS) is 10.8. The maximum absolute atomic E-state index is 11.4. The Bertz CT molecular complexity index is 800. The first kappa shape index (κ1) is 14.2. The SMILES string of the molecule is COCc1nnc(-n2nnc(C(=O)O)c2-c2ccncc2)s1. The molecular formula is C12H10N6O3S. The highest BCUT2D eigenvalue weighted by Crippen LogP contribution is 2.26. The predicted octanol–water partition coefficient (Wildman–Crippen LogP) is 1.03. The van der Waals surface area contributed by atoms with Crippen LogP contribution in [0.3, 0.4) is 0 Å². The monoisotopic (exact) mass is 318 g/mol. The third-order valence-electron chi connectivity index (χ3n) is 2.73. The fourth-order valence-electron chi connectivity index (χ4n) is 1.84. The summed E-state index contributed by atoms with van der Waals surface area (Å²) in [5, 5.41) is 26.0. The van der Waals surface area contributed by atoms with Gasteiger partial charge in [0, 0.05) is 25.1 Å². The Morgan fingerprint density at radius 2 is 2.09 bits per heavy atom. The van der Waals surface area contributed by atoms with Crippen molar-refractivity contribution in [3.05, 3.63) is 35.2 Å². The molecule has 0 unspecified atom stereocenters. The number of hydrogen-bond donors (Lipinski definition) is 1. The van der Waals surface area contributed by atoms with Gasteiger partial charge in [-0.2, -0.15) is 4.68 Å². The summed E-state index contributed by atoms with van der Waals surface area (Å²) in [6.45, 7) is 0.322. The molecule has 0 amide bonds. The zero-order chi connectivity index (χ0) is 15.5. The van der Waals surface area contributed by atoms with E-state index in [9.17, 15) is 9.90 Å². The summed E-state index contributed by atoms with van der Waals surface area (Å²) >= 11 is 1.25. The molecule has 3 heterocycles. The van der Waals surface area contributed by atoms with Crippen LogP contribution < -0.4 is 0 Å². The van der Waals surface area contributed by atoms with Crippen LogP contribution in [-0.2, 0) is 11.3 Å². The van der Waals surface area contributed by atoms with Crippen LogP contribution in [-0.4, -0.2) is 48.4 Å². The second kappa shape index (κ2) is 5.95. The van der Waals surface area contributed by atoms with E-state index in [1.165, 1.54) is 16.0 Å². The molecule has 0 aliphatic carbocycles. The molecule has 0 aliphatic rings. The van der Waals surface area contributed by atoms with Gasteiger partial charge in [0.1, 0.15) is 17.3 Å². The van der Waals surface area contributed by atoms with Crippen LogP contribution in [0.25, 0.3) is 16.4 Å². The van der Waals surface area contributed by atoms with Gasteiger partial charge in [-0.25, -0.2) is 4.79 Å². The minimum absolute atomic E-state index is 0.158. The van der Waals surface area contributed by atoms with Crippen LogP contribution in [0.2, 0.25) is 0 Å². The number of ether oxygens (including phenoxy) is 1. The van der Waals surface area contributed by atoms with Gasteiger partial charge >= 0.3 is 5.97 Å². The summed E-state index contributed by atoms with van der Waals surface area (Å²) in [5.41, 5.74) is 0.797. The molecule has 1 N–H and O–H groups in total. The second-order valence-electron chi connectivity index (χ2n) is 4.15. The largest absolute Gasteiger partial charge is 0.476 e. The lowest BCUT2D eigenvalue weighted by molar-refractivity contribution is 0.0691. The molecule has 3 aromatic rings. The first-order chi connectivity index (χ1) is 10.7. The molecule has 10 heteroatoms. The van der Waals surface area contributed by atoms with Gasteiger partial charge in [-0.05, 0) is 12.1 Å². The molecule has 0 atom stereocenters. The maximum Gasteiger partial charge on any atom is 0.358 e. The fraction of sp³-hybridized carbons (Fsp3) is 0.167. The van der Waals surface area contributed by atoms with Crippen molar-refractivity contribution in [3.63, 3.8) is 0 Å². The van der Waals surface area contributed by atoms with Crippen LogP contribution in [0, 0.1) is 0 Å². The Morgan fingerprint density at radius 1 is 1.32 bits per heavy atom. The van der Waals surface area contributed by atoms with Crippen molar-refractivity contribution in [1.29, 1.82) is 0 Å². The van der Waals surface area contributed by atoms with E-state index >= 15 is 0 Å². The molecule has 22 heavy (non-hydrogen) atoms. The van der Waals surface area contributed by atoms with Gasteiger partial charge in [-0.1, -0.05) is 16.6 Å². The van der Waals surface area contributed by atoms with Gasteiger partial charge in [-0.3, -0.25) is 4.98 Å². The fourth-order valence-corrected chi connectivity index (χ4v) is 2.61. The molecule has 0 radical (unpaired) electrons. The summed E-state index contributed by atoms with van der Waals surface area (Å²) in [4.78, 5) is 15.3. The lowest BCUT2D eigenvalue weighted by atomic mass is 10.1. The average molecular weight is 318 g/mol. The summed E-state index contributed by atoms with van der Waals surface area (Å²) < 4.78 is 6.35. The van der Waals surface area contributed by atoms with Crippen molar-refractivity contribution in [2.75, 3.05) is 7.11 Å². The minimum Gasteiger partial charge on any atom is -0.476 e. The van der Waals surface area contributed by atoms with Crippen molar-refractivity contribution in [1.82, 2.24) is 30.2 Å². The van der Waals surface area contributed by atoms with Gasteiger partial charge in [0.2, 0.25) is 5.13 Å². The number of pyridine rings is 1. The van der Waals surface area contributed by atoms with E-state index in [2.05, 4.69) is 25.5 Å². The first-order valence-electron chi connectivity index (χ1n) is 6.11. The molecule has 9 nitrogen and oxygen atoms in total. The van der Waals surface area contributed by atoms with E-state index in [-0.39, 0.29) is 5.69 Å². The average Bonchev–Trinajstić information content (AvgIpc) is 3.14. The maximum atomic E-state index is 11.4. The molecule has 3 rings (SSSR count). The second-order valence-corrected chi connectivity index (χ2v) is 5.19. The van der Waals surface area contributed by atoms with Gasteiger partial charge < -0.3 is 9.84 Å². The zero-order valence-electron chi connectivity index (χ0n) is 11.4. The molecular weight excluding hydrogens is 308 g/mol. The molecule has 0 aliphatic heterocycles. The lowest BCUT2D eigenvalue weighted by Crippen LogP contribution is -2.03. The smallest absolute Gasteiger partial charge is 0.358 e. The number of carbonyl (C=O) groups is 1. The van der Waals surface area contributed by atoms with E-state index in [1.807, 2.05) is 0 Å². The summed E-state index contributed by atoms with van der Waals surface area (Å²) in [7, 11) is 1.56. The molecule has 112 valence electrons. The Hall–Kier alpha value is -2.72. The van der Waals surface area contributed by atoms with Crippen molar-refractivity contribution < 1.29 is 14.6 Å². The molecule has 0 spiro atoms. The first-order valence-corrected chi connectivity index (χ1v) is 6.93.